The molecule has 0 aliphatic carbocycles. The number of hydrogen-bond acceptors (Lipinski definition) is 5. The SMILES string of the molecule is N#C/C(=C\c1ccc(OCc2cccc([N+](=O)[O-])c2)c(Br)c1)C(=O)Nc1ccc(F)cc1. The summed E-state index contributed by atoms with van der Waals surface area (Å²) in [5.41, 5.74) is 1.42. The average molecular weight is 496 g/mol. The number of hydrogen-bond donors (Lipinski definition) is 1. The number of nitro groups is 1. The molecule has 0 bridgehead atoms. The molecule has 32 heavy (non-hydrogen) atoms. The van der Waals surface area contributed by atoms with E-state index in [0.717, 1.165) is 0 Å². The van der Waals surface area contributed by atoms with Crippen molar-refractivity contribution in [2.75, 3.05) is 5.32 Å². The number of nitrogens with zero attached hydrogens (tertiary/aromatic N) is 2. The Balaban J connectivity index is 1.70. The molecule has 0 unspecified atom stereocenters. The second kappa shape index (κ2) is 10.3. The second-order valence-electron chi connectivity index (χ2n) is 6.54. The fraction of sp³-hybridized carbons (Fsp3) is 0.0435. The van der Waals surface area contributed by atoms with Gasteiger partial charge in [-0.15, -0.1) is 0 Å². The van der Waals surface area contributed by atoms with Gasteiger partial charge in [0, 0.05) is 17.8 Å². The quantitative estimate of drug-likeness (QED) is 0.198. The van der Waals surface area contributed by atoms with Gasteiger partial charge in [0.2, 0.25) is 0 Å². The molecule has 1 N–H and O–H groups in total. The van der Waals surface area contributed by atoms with Gasteiger partial charge in [0.15, 0.2) is 0 Å². The minimum atomic E-state index is -0.624. The van der Waals surface area contributed by atoms with Crippen molar-refractivity contribution in [1.82, 2.24) is 0 Å². The molecule has 3 rings (SSSR count). The van der Waals surface area contributed by atoms with E-state index in [4.69, 9.17) is 4.74 Å². The van der Waals surface area contributed by atoms with E-state index in [9.17, 15) is 24.6 Å². The van der Waals surface area contributed by atoms with Crippen LogP contribution in [0.3, 0.4) is 0 Å². The molecule has 0 aromatic heterocycles. The summed E-state index contributed by atoms with van der Waals surface area (Å²) < 4.78 is 19.3. The number of benzene rings is 3. The van der Waals surface area contributed by atoms with Crippen LogP contribution in [0.5, 0.6) is 5.75 Å². The summed E-state index contributed by atoms with van der Waals surface area (Å²) in [7, 11) is 0. The Hall–Kier alpha value is -4.03. The maximum atomic E-state index is 13.0. The first-order valence-electron chi connectivity index (χ1n) is 9.20. The molecule has 0 atom stereocenters. The van der Waals surface area contributed by atoms with Crippen LogP contribution in [0.25, 0.3) is 6.08 Å². The number of rotatable bonds is 7. The molecule has 1 amide bonds. The lowest BCUT2D eigenvalue weighted by Gasteiger charge is -2.09. The number of carbonyl (C=O) groups excluding carboxylic acids is 1. The third-order valence-electron chi connectivity index (χ3n) is 4.25. The summed E-state index contributed by atoms with van der Waals surface area (Å²) in [5, 5.41) is 22.8. The van der Waals surface area contributed by atoms with Gasteiger partial charge in [-0.1, -0.05) is 18.2 Å². The molecule has 0 radical (unpaired) electrons. The van der Waals surface area contributed by atoms with Crippen molar-refractivity contribution in [3.8, 4) is 11.8 Å². The van der Waals surface area contributed by atoms with Gasteiger partial charge in [-0.05, 0) is 69.5 Å². The topological polar surface area (TPSA) is 105 Å². The zero-order valence-electron chi connectivity index (χ0n) is 16.4. The van der Waals surface area contributed by atoms with Crippen LogP contribution in [0, 0.1) is 27.3 Å². The largest absolute Gasteiger partial charge is 0.488 e. The monoisotopic (exact) mass is 495 g/mol. The van der Waals surface area contributed by atoms with E-state index in [2.05, 4.69) is 21.2 Å². The molecule has 9 heteroatoms. The van der Waals surface area contributed by atoms with E-state index in [0.29, 0.717) is 27.0 Å². The van der Waals surface area contributed by atoms with Crippen LogP contribution in [-0.4, -0.2) is 10.8 Å². The average Bonchev–Trinajstić information content (AvgIpc) is 2.78. The van der Waals surface area contributed by atoms with Crippen LogP contribution in [0.4, 0.5) is 15.8 Å². The second-order valence-corrected chi connectivity index (χ2v) is 7.39. The Morgan fingerprint density at radius 3 is 2.59 bits per heavy atom. The fourth-order valence-electron chi connectivity index (χ4n) is 2.69. The highest BCUT2D eigenvalue weighted by molar-refractivity contribution is 9.10. The van der Waals surface area contributed by atoms with Crippen molar-refractivity contribution in [3.63, 3.8) is 0 Å². The Morgan fingerprint density at radius 1 is 1.19 bits per heavy atom. The van der Waals surface area contributed by atoms with Gasteiger partial charge in [0.25, 0.3) is 11.6 Å². The molecule has 0 spiro atoms. The van der Waals surface area contributed by atoms with Crippen LogP contribution < -0.4 is 10.1 Å². The maximum Gasteiger partial charge on any atom is 0.269 e. The molecule has 0 aliphatic rings. The molecule has 7 nitrogen and oxygen atoms in total. The van der Waals surface area contributed by atoms with E-state index in [1.165, 1.54) is 42.5 Å². The Kier molecular flexibility index (Phi) is 7.31. The summed E-state index contributed by atoms with van der Waals surface area (Å²) in [5.74, 6) is -0.569. The summed E-state index contributed by atoms with van der Waals surface area (Å²) in [4.78, 5) is 22.7. The molecular formula is C23H15BrFN3O4. The van der Waals surface area contributed by atoms with Gasteiger partial charge in [-0.25, -0.2) is 4.39 Å². The first kappa shape index (κ1) is 22.7. The molecule has 0 aliphatic heterocycles. The number of halogens is 2. The number of ether oxygens (including phenoxy) is 1. The van der Waals surface area contributed by atoms with Crippen molar-refractivity contribution in [2.24, 2.45) is 0 Å². The molecule has 0 heterocycles. The Labute approximate surface area is 191 Å². The van der Waals surface area contributed by atoms with Gasteiger partial charge in [0.1, 0.15) is 29.8 Å². The lowest BCUT2D eigenvalue weighted by molar-refractivity contribution is -0.384. The zero-order chi connectivity index (χ0) is 23.1. The molecule has 0 fully saturated rings. The third-order valence-corrected chi connectivity index (χ3v) is 4.87. The van der Waals surface area contributed by atoms with Crippen molar-refractivity contribution >= 4 is 39.3 Å². The van der Waals surface area contributed by atoms with Gasteiger partial charge < -0.3 is 10.1 Å². The van der Waals surface area contributed by atoms with Crippen LogP contribution in [0.15, 0.2) is 76.8 Å². The smallest absolute Gasteiger partial charge is 0.269 e. The van der Waals surface area contributed by atoms with Crippen molar-refractivity contribution in [3.05, 3.63) is 104 Å². The first-order chi connectivity index (χ1) is 15.4. The Bertz CT molecular complexity index is 1240. The van der Waals surface area contributed by atoms with Gasteiger partial charge in [0.05, 0.1) is 9.40 Å². The number of nitrogens with one attached hydrogen (secondary N) is 1. The summed E-state index contributed by atoms with van der Waals surface area (Å²) in [6.07, 6.45) is 1.41. The predicted molar refractivity (Wildman–Crippen MR) is 120 cm³/mol. The predicted octanol–water partition coefficient (Wildman–Crippen LogP) is 5.62. The highest BCUT2D eigenvalue weighted by Crippen LogP contribution is 2.28. The number of nitriles is 1. The third kappa shape index (κ3) is 6.00. The number of carbonyl (C=O) groups is 1. The lowest BCUT2D eigenvalue weighted by atomic mass is 10.1. The number of amides is 1. The highest BCUT2D eigenvalue weighted by Gasteiger charge is 2.11. The molecule has 3 aromatic carbocycles. The molecule has 160 valence electrons. The van der Waals surface area contributed by atoms with E-state index in [-0.39, 0.29) is 17.9 Å². The molecule has 0 saturated carbocycles. The summed E-state index contributed by atoms with van der Waals surface area (Å²) in [6, 6.07) is 18.2. The van der Waals surface area contributed by atoms with Gasteiger partial charge >= 0.3 is 0 Å². The molecule has 0 saturated heterocycles. The first-order valence-corrected chi connectivity index (χ1v) is 9.99. The summed E-state index contributed by atoms with van der Waals surface area (Å²) in [6.45, 7) is 0.124. The minimum Gasteiger partial charge on any atom is -0.488 e. The van der Waals surface area contributed by atoms with Gasteiger partial charge in [-0.3, -0.25) is 14.9 Å². The fourth-order valence-corrected chi connectivity index (χ4v) is 3.20. The Morgan fingerprint density at radius 2 is 1.94 bits per heavy atom. The number of anilines is 1. The van der Waals surface area contributed by atoms with E-state index in [1.54, 1.807) is 30.3 Å². The lowest BCUT2D eigenvalue weighted by Crippen LogP contribution is -2.13. The summed E-state index contributed by atoms with van der Waals surface area (Å²) >= 11 is 3.39. The van der Waals surface area contributed by atoms with Crippen LogP contribution in [0.1, 0.15) is 11.1 Å². The molecular weight excluding hydrogens is 481 g/mol. The normalized spacial score (nSPS) is 10.8. The van der Waals surface area contributed by atoms with E-state index in [1.807, 2.05) is 6.07 Å². The maximum absolute atomic E-state index is 13.0. The van der Waals surface area contributed by atoms with Crippen molar-refractivity contribution < 1.29 is 18.8 Å². The van der Waals surface area contributed by atoms with E-state index >= 15 is 0 Å². The van der Waals surface area contributed by atoms with E-state index < -0.39 is 16.6 Å². The van der Waals surface area contributed by atoms with Crippen molar-refractivity contribution in [2.45, 2.75) is 6.61 Å². The van der Waals surface area contributed by atoms with Crippen LogP contribution in [-0.2, 0) is 11.4 Å². The van der Waals surface area contributed by atoms with Crippen molar-refractivity contribution in [1.29, 1.82) is 5.26 Å². The van der Waals surface area contributed by atoms with Gasteiger partial charge in [-0.2, -0.15) is 5.26 Å². The standard InChI is InChI=1S/C23H15BrFN3O4/c24-21-12-15(10-17(13-26)23(29)27-19-7-5-18(25)6-8-19)4-9-22(21)32-14-16-2-1-3-20(11-16)28(30)31/h1-12H,14H2,(H,27,29)/b17-10+. The van der Waals surface area contributed by atoms with Crippen LogP contribution in [0.2, 0.25) is 0 Å². The van der Waals surface area contributed by atoms with Crippen LogP contribution >= 0.6 is 15.9 Å². The highest BCUT2D eigenvalue weighted by atomic mass is 79.9. The number of nitro benzene ring substituents is 1. The molecule has 3 aromatic rings. The number of non-ortho nitro benzene ring substituents is 1. The minimum absolute atomic E-state index is 0.0198. The zero-order valence-corrected chi connectivity index (χ0v) is 18.0.